The molecule has 0 radical (unpaired) electrons. The van der Waals surface area contributed by atoms with Crippen LogP contribution in [0, 0.1) is 21.4 Å². The van der Waals surface area contributed by atoms with Gasteiger partial charge in [0.25, 0.3) is 5.69 Å². The molecular formula is C16H9F3N2O3S. The molecule has 0 N–H and O–H groups in total. The number of ketones is 1. The van der Waals surface area contributed by atoms with Gasteiger partial charge in [-0.3, -0.25) is 14.9 Å². The van der Waals surface area contributed by atoms with Crippen molar-refractivity contribution in [3.05, 3.63) is 63.2 Å². The zero-order valence-corrected chi connectivity index (χ0v) is 13.4. The van der Waals surface area contributed by atoms with Crippen molar-refractivity contribution in [2.24, 2.45) is 0 Å². The fraction of sp³-hybridized carbons (Fsp3) is 0.125. The highest BCUT2D eigenvalue weighted by Crippen LogP contribution is 2.39. The van der Waals surface area contributed by atoms with Crippen molar-refractivity contribution in [2.45, 2.75) is 22.9 Å². The van der Waals surface area contributed by atoms with Crippen LogP contribution in [0.2, 0.25) is 0 Å². The minimum atomic E-state index is -4.72. The van der Waals surface area contributed by atoms with Gasteiger partial charge in [0.2, 0.25) is 0 Å². The van der Waals surface area contributed by atoms with Crippen LogP contribution in [0.25, 0.3) is 0 Å². The summed E-state index contributed by atoms with van der Waals surface area (Å²) >= 11 is 0.750. The fourth-order valence-electron chi connectivity index (χ4n) is 2.01. The molecule has 0 amide bonds. The molecule has 0 aromatic heterocycles. The highest BCUT2D eigenvalue weighted by molar-refractivity contribution is 7.99. The Kier molecular flexibility index (Phi) is 5.13. The van der Waals surface area contributed by atoms with Gasteiger partial charge in [0.05, 0.1) is 27.0 Å². The largest absolute Gasteiger partial charge is 0.417 e. The summed E-state index contributed by atoms with van der Waals surface area (Å²) in [5, 5.41) is 20.0. The summed E-state index contributed by atoms with van der Waals surface area (Å²) in [6.07, 6.45) is -4.72. The van der Waals surface area contributed by atoms with E-state index in [-0.39, 0.29) is 26.8 Å². The van der Waals surface area contributed by atoms with E-state index in [1.165, 1.54) is 31.2 Å². The molecule has 0 fully saturated rings. The van der Waals surface area contributed by atoms with E-state index in [0.29, 0.717) is 0 Å². The maximum atomic E-state index is 13.0. The number of nitriles is 1. The Morgan fingerprint density at radius 3 is 2.44 bits per heavy atom. The average Bonchev–Trinajstić information content (AvgIpc) is 2.53. The second kappa shape index (κ2) is 6.94. The normalized spacial score (nSPS) is 11.0. The third kappa shape index (κ3) is 4.16. The van der Waals surface area contributed by atoms with Gasteiger partial charge in [-0.1, -0.05) is 11.8 Å². The number of Topliss-reactive ketones (excluding diaryl/α,β-unsaturated/α-hetero) is 1. The van der Waals surface area contributed by atoms with Crippen molar-refractivity contribution in [3.8, 4) is 6.07 Å². The number of benzene rings is 2. The smallest absolute Gasteiger partial charge is 0.295 e. The molecule has 0 aliphatic heterocycles. The lowest BCUT2D eigenvalue weighted by molar-refractivity contribution is -0.387. The van der Waals surface area contributed by atoms with Crippen LogP contribution in [0.3, 0.4) is 0 Å². The fourth-order valence-corrected chi connectivity index (χ4v) is 2.95. The second-order valence-corrected chi connectivity index (χ2v) is 6.03. The number of nitro groups is 1. The molecular weight excluding hydrogens is 357 g/mol. The first-order chi connectivity index (χ1) is 11.6. The summed E-state index contributed by atoms with van der Waals surface area (Å²) in [7, 11) is 0. The van der Waals surface area contributed by atoms with Crippen LogP contribution in [-0.2, 0) is 6.18 Å². The average molecular weight is 366 g/mol. The molecule has 0 spiro atoms. The zero-order chi connectivity index (χ0) is 18.8. The Balaban J connectivity index is 2.48. The van der Waals surface area contributed by atoms with Crippen molar-refractivity contribution in [1.82, 2.24) is 0 Å². The van der Waals surface area contributed by atoms with Gasteiger partial charge in [0.15, 0.2) is 5.78 Å². The molecule has 2 aromatic rings. The lowest BCUT2D eigenvalue weighted by Crippen LogP contribution is -2.07. The molecule has 0 bridgehead atoms. The third-order valence-corrected chi connectivity index (χ3v) is 4.26. The Morgan fingerprint density at radius 1 is 1.24 bits per heavy atom. The van der Waals surface area contributed by atoms with E-state index in [1.807, 2.05) is 0 Å². The molecule has 0 heterocycles. The van der Waals surface area contributed by atoms with Crippen LogP contribution in [0.4, 0.5) is 18.9 Å². The molecule has 9 heteroatoms. The Bertz CT molecular complexity index is 904. The van der Waals surface area contributed by atoms with Crippen molar-refractivity contribution in [2.75, 3.05) is 0 Å². The van der Waals surface area contributed by atoms with E-state index in [9.17, 15) is 28.1 Å². The second-order valence-electron chi connectivity index (χ2n) is 4.91. The number of alkyl halides is 3. The predicted octanol–water partition coefficient (Wildman–Crippen LogP) is 4.84. The molecule has 0 saturated carbocycles. The van der Waals surface area contributed by atoms with Crippen molar-refractivity contribution in [3.63, 3.8) is 0 Å². The van der Waals surface area contributed by atoms with Crippen molar-refractivity contribution < 1.29 is 22.9 Å². The molecule has 0 atom stereocenters. The van der Waals surface area contributed by atoms with Gasteiger partial charge < -0.3 is 0 Å². The van der Waals surface area contributed by atoms with E-state index in [4.69, 9.17) is 5.26 Å². The van der Waals surface area contributed by atoms with Gasteiger partial charge in [-0.15, -0.1) is 0 Å². The quantitative estimate of drug-likeness (QED) is 0.439. The van der Waals surface area contributed by atoms with Gasteiger partial charge in [0, 0.05) is 16.5 Å². The number of nitrogens with zero attached hydrogens (tertiary/aromatic N) is 2. The minimum absolute atomic E-state index is 0.0880. The first-order valence-electron chi connectivity index (χ1n) is 6.72. The highest BCUT2D eigenvalue weighted by atomic mass is 32.2. The summed E-state index contributed by atoms with van der Waals surface area (Å²) in [6.45, 7) is 1.25. The molecule has 25 heavy (non-hydrogen) atoms. The van der Waals surface area contributed by atoms with Gasteiger partial charge in [0.1, 0.15) is 0 Å². The Morgan fingerprint density at radius 2 is 1.92 bits per heavy atom. The van der Waals surface area contributed by atoms with E-state index in [0.717, 1.165) is 30.0 Å². The summed E-state index contributed by atoms with van der Waals surface area (Å²) in [5.74, 6) is -0.364. The third-order valence-electron chi connectivity index (χ3n) is 3.21. The van der Waals surface area contributed by atoms with Crippen molar-refractivity contribution >= 4 is 23.2 Å². The number of rotatable bonds is 4. The van der Waals surface area contributed by atoms with Gasteiger partial charge >= 0.3 is 6.18 Å². The summed E-state index contributed by atoms with van der Waals surface area (Å²) in [6, 6.07) is 8.29. The van der Waals surface area contributed by atoms with Gasteiger partial charge in [-0.2, -0.15) is 18.4 Å². The maximum absolute atomic E-state index is 13.0. The molecule has 0 unspecified atom stereocenters. The van der Waals surface area contributed by atoms with Crippen molar-refractivity contribution in [1.29, 1.82) is 5.26 Å². The number of nitro benzene ring substituents is 1. The number of hydrogen-bond acceptors (Lipinski definition) is 5. The number of halogens is 3. The summed E-state index contributed by atoms with van der Waals surface area (Å²) < 4.78 is 39.0. The standard InChI is InChI=1S/C16H9F3N2O3S/c1-9(22)10-3-5-15(14(6-10)21(23)24)25-12-4-2-11(8-20)13(7-12)16(17,18)19/h2-7H,1H3. The molecule has 0 aliphatic rings. The van der Waals surface area contributed by atoms with Gasteiger partial charge in [-0.25, -0.2) is 0 Å². The van der Waals surface area contributed by atoms with Crippen LogP contribution in [0.5, 0.6) is 0 Å². The van der Waals surface area contributed by atoms with Gasteiger partial charge in [-0.05, 0) is 37.3 Å². The molecule has 5 nitrogen and oxygen atoms in total. The van der Waals surface area contributed by atoms with Crippen LogP contribution < -0.4 is 0 Å². The monoisotopic (exact) mass is 366 g/mol. The van der Waals surface area contributed by atoms with E-state index in [1.54, 1.807) is 0 Å². The zero-order valence-electron chi connectivity index (χ0n) is 12.6. The number of carbonyl (C=O) groups is 1. The Hall–Kier alpha value is -2.86. The van der Waals surface area contributed by atoms with Crippen LogP contribution >= 0.6 is 11.8 Å². The molecule has 0 saturated heterocycles. The van der Waals surface area contributed by atoms with Crippen LogP contribution in [-0.4, -0.2) is 10.7 Å². The maximum Gasteiger partial charge on any atom is 0.417 e. The number of hydrogen-bond donors (Lipinski definition) is 0. The lowest BCUT2D eigenvalue weighted by atomic mass is 10.1. The Labute approximate surface area is 144 Å². The molecule has 2 rings (SSSR count). The van der Waals surface area contributed by atoms with E-state index in [2.05, 4.69) is 0 Å². The minimum Gasteiger partial charge on any atom is -0.295 e. The number of carbonyl (C=O) groups excluding carboxylic acids is 1. The first kappa shape index (κ1) is 18.5. The lowest BCUT2D eigenvalue weighted by Gasteiger charge is -2.11. The topological polar surface area (TPSA) is 84.0 Å². The van der Waals surface area contributed by atoms with E-state index < -0.39 is 22.2 Å². The summed E-state index contributed by atoms with van der Waals surface area (Å²) in [5.41, 5.74) is -1.89. The van der Waals surface area contributed by atoms with Crippen LogP contribution in [0.15, 0.2) is 46.2 Å². The highest BCUT2D eigenvalue weighted by Gasteiger charge is 2.34. The van der Waals surface area contributed by atoms with Crippen LogP contribution in [0.1, 0.15) is 28.4 Å². The molecule has 0 aliphatic carbocycles. The molecule has 2 aromatic carbocycles. The van der Waals surface area contributed by atoms with E-state index >= 15 is 0 Å². The summed E-state index contributed by atoms with van der Waals surface area (Å²) in [4.78, 5) is 22.0. The predicted molar refractivity (Wildman–Crippen MR) is 83.4 cm³/mol. The first-order valence-corrected chi connectivity index (χ1v) is 7.53. The SMILES string of the molecule is CC(=O)c1ccc(Sc2ccc(C#N)c(C(F)(F)F)c2)c([N+](=O)[O-])c1. The molecule has 128 valence electrons.